The van der Waals surface area contributed by atoms with Gasteiger partial charge in [-0.25, -0.2) is 0 Å². The number of unbranched alkanes of at least 4 members (excludes halogenated alkanes) is 18. The molecule has 0 spiro atoms. The van der Waals surface area contributed by atoms with Crippen molar-refractivity contribution in [3.05, 3.63) is 48.6 Å². The predicted octanol–water partition coefficient (Wildman–Crippen LogP) is 14.1. The fraction of sp³-hybridized carbons (Fsp3) is 0.826. The van der Waals surface area contributed by atoms with E-state index in [4.69, 9.17) is 14.2 Å². The van der Waals surface area contributed by atoms with E-state index in [-0.39, 0.29) is 6.10 Å². The Morgan fingerprint density at radius 2 is 1.02 bits per heavy atom. The SMILES string of the molecule is CCCCC/C=C\C/C=C\CCCCCCCCC(CCCCCCCC/C=C\C/C=C\CCCCC)COC1(C)OCC(CCN(C)C)O1. The first kappa shape index (κ1) is 46.8. The number of hydrogen-bond acceptors (Lipinski definition) is 4. The molecule has 0 bridgehead atoms. The van der Waals surface area contributed by atoms with E-state index in [0.29, 0.717) is 12.5 Å². The number of allylic oxidation sites excluding steroid dienone is 8. The lowest BCUT2D eigenvalue weighted by Gasteiger charge is -2.27. The van der Waals surface area contributed by atoms with Gasteiger partial charge in [0.05, 0.1) is 19.3 Å². The molecule has 0 amide bonds. The summed E-state index contributed by atoms with van der Waals surface area (Å²) in [6.45, 7) is 8.90. The molecule has 2 unspecified atom stereocenters. The average Bonchev–Trinajstić information content (AvgIpc) is 3.49. The largest absolute Gasteiger partial charge is 0.327 e. The van der Waals surface area contributed by atoms with E-state index in [2.05, 4.69) is 81.5 Å². The summed E-state index contributed by atoms with van der Waals surface area (Å²) < 4.78 is 18.6. The lowest BCUT2D eigenvalue weighted by Crippen LogP contribution is -2.33. The van der Waals surface area contributed by atoms with Gasteiger partial charge in [-0.3, -0.25) is 0 Å². The molecular weight excluding hydrogens is 615 g/mol. The topological polar surface area (TPSA) is 30.9 Å². The van der Waals surface area contributed by atoms with Crippen LogP contribution in [-0.2, 0) is 14.2 Å². The average molecular weight is 700 g/mol. The van der Waals surface area contributed by atoms with E-state index in [0.717, 1.165) is 32.4 Å². The summed E-state index contributed by atoms with van der Waals surface area (Å²) in [5.74, 6) is -0.287. The molecule has 1 heterocycles. The molecular formula is C46H85NO3. The van der Waals surface area contributed by atoms with Crippen molar-refractivity contribution < 1.29 is 14.2 Å². The monoisotopic (exact) mass is 700 g/mol. The second-order valence-corrected chi connectivity index (χ2v) is 15.4. The normalized spacial score (nSPS) is 18.6. The lowest BCUT2D eigenvalue weighted by atomic mass is 9.94. The van der Waals surface area contributed by atoms with E-state index < -0.39 is 5.97 Å². The first-order valence-electron chi connectivity index (χ1n) is 21.7. The van der Waals surface area contributed by atoms with Crippen LogP contribution in [0.1, 0.15) is 194 Å². The van der Waals surface area contributed by atoms with E-state index in [9.17, 15) is 0 Å². The second kappa shape index (κ2) is 34.9. The summed E-state index contributed by atoms with van der Waals surface area (Å²) in [6.07, 6.45) is 53.8. The fourth-order valence-electron chi connectivity index (χ4n) is 6.66. The number of nitrogens with zero attached hydrogens (tertiary/aromatic N) is 1. The third-order valence-electron chi connectivity index (χ3n) is 10.0. The van der Waals surface area contributed by atoms with Crippen molar-refractivity contribution >= 4 is 0 Å². The molecule has 4 heteroatoms. The van der Waals surface area contributed by atoms with Gasteiger partial charge in [-0.15, -0.1) is 0 Å². The first-order valence-corrected chi connectivity index (χ1v) is 21.7. The highest BCUT2D eigenvalue weighted by atomic mass is 16.9. The van der Waals surface area contributed by atoms with Gasteiger partial charge in [0.2, 0.25) is 0 Å². The van der Waals surface area contributed by atoms with Crippen LogP contribution in [0.5, 0.6) is 0 Å². The molecule has 0 aromatic carbocycles. The van der Waals surface area contributed by atoms with Gasteiger partial charge in [0.1, 0.15) is 0 Å². The van der Waals surface area contributed by atoms with Crippen LogP contribution < -0.4 is 0 Å². The van der Waals surface area contributed by atoms with Crippen LogP contribution >= 0.6 is 0 Å². The first-order chi connectivity index (χ1) is 24.5. The molecule has 1 aliphatic rings. The van der Waals surface area contributed by atoms with E-state index in [1.165, 1.54) is 154 Å². The Bertz CT molecular complexity index is 785. The van der Waals surface area contributed by atoms with Gasteiger partial charge in [-0.1, -0.05) is 152 Å². The molecule has 4 nitrogen and oxygen atoms in total. The van der Waals surface area contributed by atoms with Crippen molar-refractivity contribution in [1.29, 1.82) is 0 Å². The minimum absolute atomic E-state index is 0.126. The van der Waals surface area contributed by atoms with Crippen molar-refractivity contribution in [3.8, 4) is 0 Å². The summed E-state index contributed by atoms with van der Waals surface area (Å²) in [4.78, 5) is 2.20. The number of ether oxygens (including phenoxy) is 3. The van der Waals surface area contributed by atoms with Crippen molar-refractivity contribution in [1.82, 2.24) is 4.90 Å². The van der Waals surface area contributed by atoms with Gasteiger partial charge in [0, 0.05) is 13.5 Å². The van der Waals surface area contributed by atoms with E-state index in [1.807, 2.05) is 6.92 Å². The van der Waals surface area contributed by atoms with Crippen LogP contribution in [0.25, 0.3) is 0 Å². The molecule has 0 saturated carbocycles. The summed E-state index contributed by atoms with van der Waals surface area (Å²) in [5.41, 5.74) is 0. The maximum Gasteiger partial charge on any atom is 0.280 e. The Kier molecular flexibility index (Phi) is 32.6. The molecule has 1 aliphatic heterocycles. The van der Waals surface area contributed by atoms with Gasteiger partial charge >= 0.3 is 0 Å². The second-order valence-electron chi connectivity index (χ2n) is 15.4. The minimum atomic E-state index is -0.881. The molecule has 0 aromatic rings. The highest BCUT2D eigenvalue weighted by molar-refractivity contribution is 4.93. The third kappa shape index (κ3) is 30.4. The Balaban J connectivity index is 2.24. The van der Waals surface area contributed by atoms with Crippen LogP contribution in [0.15, 0.2) is 48.6 Å². The highest BCUT2D eigenvalue weighted by Gasteiger charge is 2.38. The zero-order chi connectivity index (χ0) is 36.2. The maximum absolute atomic E-state index is 6.37. The van der Waals surface area contributed by atoms with Gasteiger partial charge in [0.15, 0.2) is 0 Å². The van der Waals surface area contributed by atoms with Gasteiger partial charge in [-0.05, 0) is 103 Å². The Labute approximate surface area is 312 Å². The minimum Gasteiger partial charge on any atom is -0.327 e. The molecule has 1 saturated heterocycles. The Morgan fingerprint density at radius 3 is 1.46 bits per heavy atom. The van der Waals surface area contributed by atoms with Crippen LogP contribution in [0.4, 0.5) is 0 Å². The van der Waals surface area contributed by atoms with Crippen molar-refractivity contribution in [2.75, 3.05) is 33.9 Å². The van der Waals surface area contributed by atoms with Crippen LogP contribution in [-0.4, -0.2) is 50.8 Å². The fourth-order valence-corrected chi connectivity index (χ4v) is 6.66. The maximum atomic E-state index is 6.37. The molecule has 2 atom stereocenters. The zero-order valence-electron chi connectivity index (χ0n) is 34.2. The quantitative estimate of drug-likeness (QED) is 0.0481. The summed E-state index contributed by atoms with van der Waals surface area (Å²) in [5, 5.41) is 0. The summed E-state index contributed by atoms with van der Waals surface area (Å²) >= 11 is 0. The molecule has 50 heavy (non-hydrogen) atoms. The van der Waals surface area contributed by atoms with Crippen molar-refractivity contribution in [2.24, 2.45) is 5.92 Å². The smallest absolute Gasteiger partial charge is 0.280 e. The van der Waals surface area contributed by atoms with Crippen molar-refractivity contribution in [2.45, 2.75) is 206 Å². The van der Waals surface area contributed by atoms with E-state index >= 15 is 0 Å². The van der Waals surface area contributed by atoms with E-state index in [1.54, 1.807) is 0 Å². The molecule has 0 aliphatic carbocycles. The number of rotatable bonds is 36. The van der Waals surface area contributed by atoms with Crippen molar-refractivity contribution in [3.63, 3.8) is 0 Å². The lowest BCUT2D eigenvalue weighted by molar-refractivity contribution is -0.329. The van der Waals surface area contributed by atoms with Crippen LogP contribution in [0.3, 0.4) is 0 Å². The molecule has 0 radical (unpaired) electrons. The van der Waals surface area contributed by atoms with Gasteiger partial charge in [-0.2, -0.15) is 0 Å². The standard InChI is InChI=1S/C46H85NO3/c1-6-8-10-12-14-16-18-20-22-24-26-28-30-32-34-36-38-44(42-48-46(3)49-43-45(50-46)40-41-47(4)5)39-37-35-33-31-29-27-25-23-21-19-17-15-13-11-9-7-2/h14-17,20-23,44-45H,6-13,18-19,24-43H2,1-5H3/b16-14-,17-15-,22-20-,23-21-. The molecule has 1 rings (SSSR count). The molecule has 0 N–H and O–H groups in total. The molecule has 292 valence electrons. The third-order valence-corrected chi connectivity index (χ3v) is 10.0. The summed E-state index contributed by atoms with van der Waals surface area (Å²) in [6, 6.07) is 0. The van der Waals surface area contributed by atoms with Crippen LogP contribution in [0, 0.1) is 5.92 Å². The highest BCUT2D eigenvalue weighted by Crippen LogP contribution is 2.29. The Hall–Kier alpha value is -1.20. The summed E-state index contributed by atoms with van der Waals surface area (Å²) in [7, 11) is 4.22. The van der Waals surface area contributed by atoms with Gasteiger partial charge < -0.3 is 19.1 Å². The zero-order valence-corrected chi connectivity index (χ0v) is 34.2. The number of hydrogen-bond donors (Lipinski definition) is 0. The molecule has 1 fully saturated rings. The van der Waals surface area contributed by atoms with Gasteiger partial charge in [0.25, 0.3) is 5.97 Å². The Morgan fingerprint density at radius 1 is 0.600 bits per heavy atom. The van der Waals surface area contributed by atoms with Crippen LogP contribution in [0.2, 0.25) is 0 Å². The predicted molar refractivity (Wildman–Crippen MR) is 220 cm³/mol. The molecule has 0 aromatic heterocycles.